The topological polar surface area (TPSA) is 34.2 Å². The third-order valence-electron chi connectivity index (χ3n) is 2.94. The molecule has 0 saturated carbocycles. The molecule has 0 saturated heterocycles. The Balaban J connectivity index is 2.10. The number of nitrogens with one attached hydrogen (secondary N) is 1. The fourth-order valence-electron chi connectivity index (χ4n) is 1.90. The zero-order valence-corrected chi connectivity index (χ0v) is 12.1. The average molecular weight is 292 g/mol. The second-order valence-corrected chi connectivity index (χ2v) is 4.82. The van der Waals surface area contributed by atoms with Crippen LogP contribution in [-0.2, 0) is 6.54 Å². The first-order chi connectivity index (χ1) is 10.1. The van der Waals surface area contributed by atoms with E-state index >= 15 is 0 Å². The van der Waals surface area contributed by atoms with Gasteiger partial charge in [-0.2, -0.15) is 0 Å². The molecule has 1 aromatic carbocycles. The van der Waals surface area contributed by atoms with Gasteiger partial charge in [0.15, 0.2) is 11.6 Å². The number of nitrogens with zero attached hydrogens (tertiary/aromatic N) is 1. The summed E-state index contributed by atoms with van der Waals surface area (Å²) in [6, 6.07) is 5.12. The number of pyridine rings is 1. The van der Waals surface area contributed by atoms with Crippen LogP contribution in [0.2, 0.25) is 0 Å². The summed E-state index contributed by atoms with van der Waals surface area (Å²) in [7, 11) is 0. The number of hydrogen-bond donors (Lipinski definition) is 1. The molecule has 0 aliphatic carbocycles. The lowest BCUT2D eigenvalue weighted by molar-refractivity contribution is 0.420. The number of aryl methyl sites for hydroxylation is 1. The van der Waals surface area contributed by atoms with Crippen molar-refractivity contribution in [3.63, 3.8) is 0 Å². The van der Waals surface area contributed by atoms with Crippen LogP contribution in [0.25, 0.3) is 0 Å². The van der Waals surface area contributed by atoms with Crippen LogP contribution in [0, 0.1) is 18.6 Å². The van der Waals surface area contributed by atoms with E-state index in [1.54, 1.807) is 6.20 Å². The van der Waals surface area contributed by atoms with Crippen LogP contribution in [0.15, 0.2) is 30.5 Å². The predicted octanol–water partition coefficient (Wildman–Crippen LogP) is 3.96. The molecule has 0 amide bonds. The number of benzene rings is 1. The Morgan fingerprint density at radius 3 is 2.71 bits per heavy atom. The molecule has 0 aliphatic rings. The molecule has 21 heavy (non-hydrogen) atoms. The minimum atomic E-state index is -0.745. The highest BCUT2D eigenvalue weighted by molar-refractivity contribution is 5.34. The van der Waals surface area contributed by atoms with Crippen molar-refractivity contribution in [1.29, 1.82) is 0 Å². The maximum Gasteiger partial charge on any atom is 0.222 e. The molecule has 0 radical (unpaired) electrons. The molecule has 1 N–H and O–H groups in total. The molecular formula is C16H18F2N2O. The third-order valence-corrected chi connectivity index (χ3v) is 2.94. The van der Waals surface area contributed by atoms with E-state index in [2.05, 4.69) is 17.2 Å². The van der Waals surface area contributed by atoms with E-state index < -0.39 is 11.6 Å². The van der Waals surface area contributed by atoms with Gasteiger partial charge in [-0.25, -0.2) is 13.8 Å². The van der Waals surface area contributed by atoms with Crippen molar-refractivity contribution in [3.05, 3.63) is 53.2 Å². The summed E-state index contributed by atoms with van der Waals surface area (Å²) in [4.78, 5) is 4.19. The van der Waals surface area contributed by atoms with E-state index in [-0.39, 0.29) is 5.75 Å². The maximum atomic E-state index is 13.5. The molecular weight excluding hydrogens is 274 g/mol. The van der Waals surface area contributed by atoms with Gasteiger partial charge in [-0.1, -0.05) is 6.92 Å². The van der Waals surface area contributed by atoms with Gasteiger partial charge < -0.3 is 10.1 Å². The first-order valence-corrected chi connectivity index (χ1v) is 6.89. The number of hydrogen-bond acceptors (Lipinski definition) is 3. The average Bonchev–Trinajstić information content (AvgIpc) is 2.44. The zero-order valence-electron chi connectivity index (χ0n) is 12.1. The standard InChI is InChI=1S/C16H18F2N2O/c1-3-6-19-9-12-7-11(2)16(20-10-12)21-15-5-4-13(17)8-14(15)18/h4-5,7-8,10,19H,3,6,9H2,1-2H3. The molecule has 0 fully saturated rings. The summed E-state index contributed by atoms with van der Waals surface area (Å²) in [6.45, 7) is 5.61. The second-order valence-electron chi connectivity index (χ2n) is 4.82. The molecule has 0 atom stereocenters. The van der Waals surface area contributed by atoms with Crippen LogP contribution in [0.5, 0.6) is 11.6 Å². The van der Waals surface area contributed by atoms with Crippen LogP contribution in [0.4, 0.5) is 8.78 Å². The number of ether oxygens (including phenoxy) is 1. The van der Waals surface area contributed by atoms with Crippen LogP contribution in [0.3, 0.4) is 0 Å². The minimum Gasteiger partial charge on any atom is -0.436 e. The summed E-state index contributed by atoms with van der Waals surface area (Å²) in [5.74, 6) is -1.10. The van der Waals surface area contributed by atoms with Crippen molar-refractivity contribution in [2.45, 2.75) is 26.8 Å². The van der Waals surface area contributed by atoms with E-state index in [0.29, 0.717) is 5.88 Å². The van der Waals surface area contributed by atoms with Gasteiger partial charge in [0.2, 0.25) is 5.88 Å². The normalized spacial score (nSPS) is 10.7. The smallest absolute Gasteiger partial charge is 0.222 e. The van der Waals surface area contributed by atoms with Crippen molar-refractivity contribution < 1.29 is 13.5 Å². The molecule has 1 aromatic heterocycles. The number of aromatic nitrogens is 1. The molecule has 2 aromatic rings. The summed E-state index contributed by atoms with van der Waals surface area (Å²) in [5, 5.41) is 3.28. The van der Waals surface area contributed by atoms with E-state index in [0.717, 1.165) is 42.8 Å². The number of rotatable bonds is 6. The molecule has 0 aliphatic heterocycles. The van der Waals surface area contributed by atoms with Crippen LogP contribution in [-0.4, -0.2) is 11.5 Å². The summed E-state index contributed by atoms with van der Waals surface area (Å²) in [6.07, 6.45) is 2.75. The van der Waals surface area contributed by atoms with Crippen molar-refractivity contribution in [2.24, 2.45) is 0 Å². The highest BCUT2D eigenvalue weighted by atomic mass is 19.1. The fraction of sp³-hybridized carbons (Fsp3) is 0.312. The minimum absolute atomic E-state index is 0.0381. The monoisotopic (exact) mass is 292 g/mol. The zero-order chi connectivity index (χ0) is 15.2. The summed E-state index contributed by atoms with van der Waals surface area (Å²) < 4.78 is 31.8. The Kier molecular flexibility index (Phi) is 5.22. The van der Waals surface area contributed by atoms with Crippen molar-refractivity contribution in [3.8, 4) is 11.6 Å². The fourth-order valence-corrected chi connectivity index (χ4v) is 1.90. The molecule has 5 heteroatoms. The Hall–Kier alpha value is -2.01. The summed E-state index contributed by atoms with van der Waals surface area (Å²) in [5.41, 5.74) is 1.84. The van der Waals surface area contributed by atoms with Gasteiger partial charge in [-0.05, 0) is 43.7 Å². The van der Waals surface area contributed by atoms with Gasteiger partial charge in [0.05, 0.1) is 0 Å². The lowest BCUT2D eigenvalue weighted by Crippen LogP contribution is -2.14. The molecule has 3 nitrogen and oxygen atoms in total. The molecule has 0 spiro atoms. The van der Waals surface area contributed by atoms with Crippen LogP contribution < -0.4 is 10.1 Å². The summed E-state index contributed by atoms with van der Waals surface area (Å²) >= 11 is 0. The van der Waals surface area contributed by atoms with Crippen molar-refractivity contribution in [1.82, 2.24) is 10.3 Å². The van der Waals surface area contributed by atoms with E-state index in [1.165, 1.54) is 6.07 Å². The van der Waals surface area contributed by atoms with E-state index in [4.69, 9.17) is 4.74 Å². The Morgan fingerprint density at radius 2 is 2.05 bits per heavy atom. The van der Waals surface area contributed by atoms with E-state index in [1.807, 2.05) is 13.0 Å². The van der Waals surface area contributed by atoms with Gasteiger partial charge in [0, 0.05) is 24.4 Å². The lowest BCUT2D eigenvalue weighted by Gasteiger charge is -2.10. The SMILES string of the molecule is CCCNCc1cnc(Oc2ccc(F)cc2F)c(C)c1. The Labute approximate surface area is 123 Å². The largest absolute Gasteiger partial charge is 0.436 e. The second kappa shape index (κ2) is 7.13. The molecule has 0 bridgehead atoms. The van der Waals surface area contributed by atoms with Crippen molar-refractivity contribution in [2.75, 3.05) is 6.54 Å². The highest BCUT2D eigenvalue weighted by Gasteiger charge is 2.09. The Morgan fingerprint density at radius 1 is 1.24 bits per heavy atom. The quantitative estimate of drug-likeness (QED) is 0.818. The van der Waals surface area contributed by atoms with Gasteiger partial charge in [-0.3, -0.25) is 0 Å². The maximum absolute atomic E-state index is 13.5. The lowest BCUT2D eigenvalue weighted by atomic mass is 10.2. The van der Waals surface area contributed by atoms with E-state index in [9.17, 15) is 8.78 Å². The molecule has 112 valence electrons. The molecule has 0 unspecified atom stereocenters. The van der Waals surface area contributed by atoms with Gasteiger partial charge in [0.25, 0.3) is 0 Å². The highest BCUT2D eigenvalue weighted by Crippen LogP contribution is 2.26. The molecule has 1 heterocycles. The van der Waals surface area contributed by atoms with Gasteiger partial charge in [0.1, 0.15) is 5.82 Å². The van der Waals surface area contributed by atoms with Gasteiger partial charge >= 0.3 is 0 Å². The third kappa shape index (κ3) is 4.23. The first kappa shape index (κ1) is 15.4. The van der Waals surface area contributed by atoms with Crippen molar-refractivity contribution >= 4 is 0 Å². The van der Waals surface area contributed by atoms with Crippen LogP contribution >= 0.6 is 0 Å². The first-order valence-electron chi connectivity index (χ1n) is 6.89. The number of halogens is 2. The van der Waals surface area contributed by atoms with Crippen LogP contribution in [0.1, 0.15) is 24.5 Å². The Bertz CT molecular complexity index is 617. The molecule has 2 rings (SSSR count). The van der Waals surface area contributed by atoms with Gasteiger partial charge in [-0.15, -0.1) is 0 Å². The predicted molar refractivity (Wildman–Crippen MR) is 77.4 cm³/mol.